The van der Waals surface area contributed by atoms with E-state index in [0.717, 1.165) is 28.2 Å². The Bertz CT molecular complexity index is 791. The molecule has 4 aliphatic carbocycles. The van der Waals surface area contributed by atoms with Gasteiger partial charge < -0.3 is 9.67 Å². The molecule has 4 saturated carbocycles. The molecule has 0 amide bonds. The van der Waals surface area contributed by atoms with Crippen LogP contribution < -0.4 is 4.80 Å². The first-order valence-corrected chi connectivity index (χ1v) is 10.5. The molecule has 140 valence electrons. The Balaban J connectivity index is 0.00000168. The molecule has 4 aliphatic rings. The van der Waals surface area contributed by atoms with E-state index >= 15 is 0 Å². The van der Waals surface area contributed by atoms with Gasteiger partial charge in [-0.15, -0.1) is 28.3 Å². The van der Waals surface area contributed by atoms with Crippen molar-refractivity contribution in [1.29, 1.82) is 0 Å². The highest BCUT2D eigenvalue weighted by molar-refractivity contribution is 8.93. The lowest BCUT2D eigenvalue weighted by Gasteiger charge is -2.56. The van der Waals surface area contributed by atoms with Gasteiger partial charge in [0.15, 0.2) is 4.80 Å². The fourth-order valence-electron chi connectivity index (χ4n) is 6.19. The Morgan fingerprint density at radius 2 is 1.65 bits per heavy atom. The number of benzene rings is 1. The lowest BCUT2D eigenvalue weighted by molar-refractivity contribution is -0.00918. The van der Waals surface area contributed by atoms with Crippen molar-refractivity contribution < 1.29 is 5.11 Å². The number of para-hydroxylation sites is 1. The smallest absolute Gasteiger partial charge is 0.190 e. The Morgan fingerprint density at radius 3 is 2.23 bits per heavy atom. The molecule has 6 rings (SSSR count). The fourth-order valence-corrected chi connectivity index (χ4v) is 7.26. The van der Waals surface area contributed by atoms with Crippen molar-refractivity contribution in [2.75, 3.05) is 6.61 Å². The lowest BCUT2D eigenvalue weighted by atomic mass is 9.49. The maximum absolute atomic E-state index is 9.68. The van der Waals surface area contributed by atoms with E-state index in [1.165, 1.54) is 44.2 Å². The summed E-state index contributed by atoms with van der Waals surface area (Å²) in [6.45, 7) is 0.838. The number of rotatable bonds is 4. The summed E-state index contributed by atoms with van der Waals surface area (Å²) < 4.78 is 2.32. The molecule has 1 aromatic carbocycles. The third-order valence-corrected chi connectivity index (χ3v) is 7.55. The molecule has 0 atom stereocenters. The maximum atomic E-state index is 9.68. The number of aliphatic hydroxyl groups is 1. The monoisotopic (exact) mass is 434 g/mol. The van der Waals surface area contributed by atoms with Gasteiger partial charge in [-0.1, -0.05) is 18.2 Å². The van der Waals surface area contributed by atoms with E-state index in [1.807, 2.05) is 30.3 Å². The van der Waals surface area contributed by atoms with Crippen LogP contribution in [-0.2, 0) is 12.0 Å². The Kier molecular flexibility index (Phi) is 5.15. The predicted molar refractivity (Wildman–Crippen MR) is 111 cm³/mol. The summed E-state index contributed by atoms with van der Waals surface area (Å²) in [5.41, 5.74) is 2.80. The second kappa shape index (κ2) is 7.25. The molecule has 0 spiro atoms. The first kappa shape index (κ1) is 18.5. The van der Waals surface area contributed by atoms with Crippen LogP contribution in [0.3, 0.4) is 0 Å². The summed E-state index contributed by atoms with van der Waals surface area (Å²) in [6, 6.07) is 10.2. The van der Waals surface area contributed by atoms with E-state index in [1.54, 1.807) is 11.3 Å². The number of halogens is 1. The van der Waals surface area contributed by atoms with Gasteiger partial charge in [-0.3, -0.25) is 0 Å². The van der Waals surface area contributed by atoms with Crippen LogP contribution in [0.2, 0.25) is 0 Å². The van der Waals surface area contributed by atoms with Gasteiger partial charge in [0.25, 0.3) is 0 Å². The van der Waals surface area contributed by atoms with Gasteiger partial charge >= 0.3 is 0 Å². The average molecular weight is 435 g/mol. The molecule has 0 unspecified atom stereocenters. The third kappa shape index (κ3) is 3.12. The van der Waals surface area contributed by atoms with Gasteiger partial charge in [0.05, 0.1) is 12.3 Å². The molecule has 1 aromatic heterocycles. The number of nitrogens with zero attached hydrogens (tertiary/aromatic N) is 2. The van der Waals surface area contributed by atoms with Crippen molar-refractivity contribution in [2.45, 2.75) is 50.5 Å². The molecule has 0 aliphatic heterocycles. The molecule has 2 aromatic rings. The summed E-state index contributed by atoms with van der Waals surface area (Å²) >= 11 is 1.75. The van der Waals surface area contributed by atoms with E-state index in [0.29, 0.717) is 12.0 Å². The van der Waals surface area contributed by atoms with Crippen molar-refractivity contribution in [3.8, 4) is 0 Å². The second-order valence-electron chi connectivity index (χ2n) is 8.42. The van der Waals surface area contributed by atoms with E-state index < -0.39 is 0 Å². The maximum Gasteiger partial charge on any atom is 0.190 e. The van der Waals surface area contributed by atoms with Crippen LogP contribution in [0.25, 0.3) is 0 Å². The largest absolute Gasteiger partial charge is 0.395 e. The first-order chi connectivity index (χ1) is 12.3. The Morgan fingerprint density at radius 1 is 1.04 bits per heavy atom. The molecule has 0 radical (unpaired) electrons. The van der Waals surface area contributed by atoms with Gasteiger partial charge in [-0.2, -0.15) is 0 Å². The minimum Gasteiger partial charge on any atom is -0.395 e. The second-order valence-corrected chi connectivity index (χ2v) is 9.26. The SMILES string of the molecule is Br.OCCn1c(C23CC4CC(CC(C4)C2)C3)csc1=Nc1ccccc1. The Hall–Kier alpha value is -0.910. The molecule has 0 saturated heterocycles. The highest BCUT2D eigenvalue weighted by Crippen LogP contribution is 2.60. The number of aromatic nitrogens is 1. The number of thiazole rings is 1. The average Bonchev–Trinajstić information content (AvgIpc) is 2.98. The van der Waals surface area contributed by atoms with E-state index in [-0.39, 0.29) is 23.6 Å². The molecule has 4 fully saturated rings. The molecule has 26 heavy (non-hydrogen) atoms. The Labute approximate surface area is 169 Å². The number of aliphatic hydroxyl groups excluding tert-OH is 1. The van der Waals surface area contributed by atoms with Crippen LogP contribution in [0.15, 0.2) is 40.7 Å². The molecule has 4 bridgehead atoms. The summed E-state index contributed by atoms with van der Waals surface area (Å²) in [6.07, 6.45) is 8.45. The number of hydrogen-bond donors (Lipinski definition) is 1. The van der Waals surface area contributed by atoms with Gasteiger partial charge in [-0.05, 0) is 68.4 Å². The van der Waals surface area contributed by atoms with Crippen molar-refractivity contribution >= 4 is 34.0 Å². The van der Waals surface area contributed by atoms with Crippen molar-refractivity contribution in [2.24, 2.45) is 22.7 Å². The molecule has 5 heteroatoms. The van der Waals surface area contributed by atoms with Crippen LogP contribution >= 0.6 is 28.3 Å². The zero-order valence-electron chi connectivity index (χ0n) is 15.0. The predicted octanol–water partition coefficient (Wildman–Crippen LogP) is 4.82. The molecular formula is C21H27BrN2OS. The van der Waals surface area contributed by atoms with E-state index in [4.69, 9.17) is 4.99 Å². The molecule has 1 N–H and O–H groups in total. The van der Waals surface area contributed by atoms with Crippen LogP contribution in [0.4, 0.5) is 5.69 Å². The normalized spacial score (nSPS) is 32.7. The molecular weight excluding hydrogens is 408 g/mol. The molecule has 1 heterocycles. The van der Waals surface area contributed by atoms with Crippen molar-refractivity contribution in [1.82, 2.24) is 4.57 Å². The summed E-state index contributed by atoms with van der Waals surface area (Å²) in [5.74, 6) is 2.80. The third-order valence-electron chi connectivity index (χ3n) is 6.68. The molecule has 3 nitrogen and oxygen atoms in total. The highest BCUT2D eigenvalue weighted by Gasteiger charge is 2.52. The van der Waals surface area contributed by atoms with Gasteiger partial charge in [-0.25, -0.2) is 4.99 Å². The number of hydrogen-bond acceptors (Lipinski definition) is 3. The van der Waals surface area contributed by atoms with Crippen molar-refractivity contribution in [3.05, 3.63) is 46.2 Å². The van der Waals surface area contributed by atoms with E-state index in [2.05, 4.69) is 9.95 Å². The van der Waals surface area contributed by atoms with Gasteiger partial charge in [0.1, 0.15) is 0 Å². The standard InChI is InChI=1S/C21H26N2OS.BrH/c24-7-6-23-19(14-25-20(23)22-18-4-2-1-3-5-18)21-11-15-8-16(12-21)10-17(9-15)13-21;/h1-5,14-17,24H,6-13H2;1H. The van der Waals surface area contributed by atoms with Crippen LogP contribution in [0.5, 0.6) is 0 Å². The van der Waals surface area contributed by atoms with Gasteiger partial charge in [0, 0.05) is 23.0 Å². The van der Waals surface area contributed by atoms with Crippen LogP contribution in [0.1, 0.15) is 44.2 Å². The van der Waals surface area contributed by atoms with Crippen molar-refractivity contribution in [3.63, 3.8) is 0 Å². The fraction of sp³-hybridized carbons (Fsp3) is 0.571. The lowest BCUT2D eigenvalue weighted by Crippen LogP contribution is -2.49. The highest BCUT2D eigenvalue weighted by atomic mass is 79.9. The topological polar surface area (TPSA) is 37.5 Å². The minimum atomic E-state index is 0. The quantitative estimate of drug-likeness (QED) is 0.735. The van der Waals surface area contributed by atoms with Gasteiger partial charge in [0.2, 0.25) is 0 Å². The zero-order chi connectivity index (χ0) is 16.9. The summed E-state index contributed by atoms with van der Waals surface area (Å²) in [4.78, 5) is 5.91. The van der Waals surface area contributed by atoms with Crippen LogP contribution in [-0.4, -0.2) is 16.3 Å². The zero-order valence-corrected chi connectivity index (χ0v) is 17.5. The first-order valence-electron chi connectivity index (χ1n) is 9.65. The van der Waals surface area contributed by atoms with E-state index in [9.17, 15) is 5.11 Å². The summed E-state index contributed by atoms with van der Waals surface area (Å²) in [5, 5.41) is 12.0. The minimum absolute atomic E-state index is 0. The van der Waals surface area contributed by atoms with Crippen LogP contribution in [0, 0.1) is 17.8 Å². The summed E-state index contributed by atoms with van der Waals surface area (Å²) in [7, 11) is 0.